The van der Waals surface area contributed by atoms with Gasteiger partial charge in [-0.3, -0.25) is 4.98 Å². The van der Waals surface area contributed by atoms with Gasteiger partial charge in [0.1, 0.15) is 5.82 Å². The lowest BCUT2D eigenvalue weighted by atomic mass is 10.1. The molecule has 5 heteroatoms. The quantitative estimate of drug-likeness (QED) is 0.617. The van der Waals surface area contributed by atoms with E-state index in [-0.39, 0.29) is 6.04 Å². The molecule has 118 valence electrons. The van der Waals surface area contributed by atoms with E-state index in [4.69, 9.17) is 4.74 Å². The molecule has 22 heavy (non-hydrogen) atoms. The molecule has 1 aromatic heterocycles. The first-order valence-corrected chi connectivity index (χ1v) is 8.37. The van der Waals surface area contributed by atoms with Crippen molar-refractivity contribution in [1.82, 2.24) is 9.97 Å². The SMILES string of the molecule is COCCSc1ccc(C(C)Nc2nc(C)cnc2C)cc1. The molecule has 1 unspecified atom stereocenters. The van der Waals surface area contributed by atoms with Crippen LogP contribution < -0.4 is 5.32 Å². The Labute approximate surface area is 136 Å². The van der Waals surface area contributed by atoms with Gasteiger partial charge in [-0.1, -0.05) is 12.1 Å². The number of nitrogens with one attached hydrogen (secondary N) is 1. The molecule has 1 N–H and O–H groups in total. The fourth-order valence-electron chi connectivity index (χ4n) is 2.06. The molecule has 0 bridgehead atoms. The highest BCUT2D eigenvalue weighted by molar-refractivity contribution is 7.99. The van der Waals surface area contributed by atoms with Crippen LogP contribution in [0, 0.1) is 13.8 Å². The van der Waals surface area contributed by atoms with E-state index < -0.39 is 0 Å². The highest BCUT2D eigenvalue weighted by atomic mass is 32.2. The number of benzene rings is 1. The molecular weight excluding hydrogens is 294 g/mol. The average molecular weight is 317 g/mol. The van der Waals surface area contributed by atoms with Gasteiger partial charge in [-0.2, -0.15) is 0 Å². The van der Waals surface area contributed by atoms with E-state index >= 15 is 0 Å². The molecule has 1 atom stereocenters. The molecule has 0 fully saturated rings. The maximum absolute atomic E-state index is 5.07. The second kappa shape index (κ2) is 8.15. The third-order valence-corrected chi connectivity index (χ3v) is 4.34. The summed E-state index contributed by atoms with van der Waals surface area (Å²) in [5.74, 6) is 1.83. The standard InChI is InChI=1S/C17H23N3OS/c1-12-11-18-14(3)17(19-12)20-13(2)15-5-7-16(8-6-15)22-10-9-21-4/h5-8,11,13H,9-10H2,1-4H3,(H,19,20). The van der Waals surface area contributed by atoms with Crippen LogP contribution in [0.1, 0.15) is 29.9 Å². The molecule has 0 radical (unpaired) electrons. The summed E-state index contributed by atoms with van der Waals surface area (Å²) < 4.78 is 5.07. The number of aromatic nitrogens is 2. The third-order valence-electron chi connectivity index (χ3n) is 3.37. The van der Waals surface area contributed by atoms with Crippen LogP contribution >= 0.6 is 11.8 Å². The van der Waals surface area contributed by atoms with Gasteiger partial charge in [0.25, 0.3) is 0 Å². The first-order chi connectivity index (χ1) is 10.6. The van der Waals surface area contributed by atoms with Crippen molar-refractivity contribution in [3.8, 4) is 0 Å². The zero-order valence-electron chi connectivity index (χ0n) is 13.6. The van der Waals surface area contributed by atoms with Crippen LogP contribution in [0.2, 0.25) is 0 Å². The monoisotopic (exact) mass is 317 g/mol. The minimum atomic E-state index is 0.188. The Morgan fingerprint density at radius 3 is 2.64 bits per heavy atom. The third kappa shape index (κ3) is 4.71. The zero-order chi connectivity index (χ0) is 15.9. The van der Waals surface area contributed by atoms with Crippen molar-refractivity contribution < 1.29 is 4.74 Å². The van der Waals surface area contributed by atoms with E-state index in [2.05, 4.69) is 46.5 Å². The van der Waals surface area contributed by atoms with Gasteiger partial charge in [0.15, 0.2) is 0 Å². The maximum Gasteiger partial charge on any atom is 0.148 e. The van der Waals surface area contributed by atoms with Crippen LogP contribution in [-0.4, -0.2) is 29.4 Å². The second-order valence-corrected chi connectivity index (χ2v) is 6.39. The molecule has 1 heterocycles. The number of rotatable bonds is 7. The van der Waals surface area contributed by atoms with E-state index in [1.54, 1.807) is 25.1 Å². The maximum atomic E-state index is 5.07. The number of aryl methyl sites for hydroxylation is 2. The van der Waals surface area contributed by atoms with E-state index in [1.165, 1.54) is 10.5 Å². The minimum Gasteiger partial charge on any atom is -0.384 e. The van der Waals surface area contributed by atoms with Crippen LogP contribution in [0.25, 0.3) is 0 Å². The summed E-state index contributed by atoms with van der Waals surface area (Å²) >= 11 is 1.81. The Kier molecular flexibility index (Phi) is 6.21. The summed E-state index contributed by atoms with van der Waals surface area (Å²) in [7, 11) is 1.73. The minimum absolute atomic E-state index is 0.188. The number of ether oxygens (including phenoxy) is 1. The second-order valence-electron chi connectivity index (χ2n) is 5.22. The van der Waals surface area contributed by atoms with Crippen molar-refractivity contribution in [3.63, 3.8) is 0 Å². The Hall–Kier alpha value is -1.59. The molecule has 0 spiro atoms. The van der Waals surface area contributed by atoms with Gasteiger partial charge in [0.05, 0.1) is 24.0 Å². The summed E-state index contributed by atoms with van der Waals surface area (Å²) in [6, 6.07) is 8.81. The molecule has 1 aromatic carbocycles. The number of hydrogen-bond acceptors (Lipinski definition) is 5. The summed E-state index contributed by atoms with van der Waals surface area (Å²) in [6.07, 6.45) is 1.79. The van der Waals surface area contributed by atoms with Gasteiger partial charge in [-0.15, -0.1) is 11.8 Å². The van der Waals surface area contributed by atoms with Crippen molar-refractivity contribution in [2.75, 3.05) is 24.8 Å². The highest BCUT2D eigenvalue weighted by Crippen LogP contribution is 2.23. The normalized spacial score (nSPS) is 12.2. The first kappa shape index (κ1) is 16.8. The summed E-state index contributed by atoms with van der Waals surface area (Å²) in [6.45, 7) is 6.83. The van der Waals surface area contributed by atoms with Crippen LogP contribution in [0.15, 0.2) is 35.4 Å². The number of nitrogens with zero attached hydrogens (tertiary/aromatic N) is 2. The average Bonchev–Trinajstić information content (AvgIpc) is 2.52. The van der Waals surface area contributed by atoms with E-state index in [0.29, 0.717) is 0 Å². The topological polar surface area (TPSA) is 47.0 Å². The molecule has 0 saturated heterocycles. The van der Waals surface area contributed by atoms with Crippen LogP contribution in [0.5, 0.6) is 0 Å². The van der Waals surface area contributed by atoms with Crippen molar-refractivity contribution in [2.45, 2.75) is 31.7 Å². The molecule has 2 rings (SSSR count). The Morgan fingerprint density at radius 2 is 1.95 bits per heavy atom. The molecular formula is C17H23N3OS. The van der Waals surface area contributed by atoms with Gasteiger partial charge < -0.3 is 10.1 Å². The largest absolute Gasteiger partial charge is 0.384 e. The van der Waals surface area contributed by atoms with Crippen LogP contribution in [0.4, 0.5) is 5.82 Å². The number of thioether (sulfide) groups is 1. The summed E-state index contributed by atoms with van der Waals surface area (Å²) in [4.78, 5) is 10.1. The van der Waals surface area contributed by atoms with Gasteiger partial charge in [0, 0.05) is 24.0 Å². The van der Waals surface area contributed by atoms with Crippen molar-refractivity contribution in [3.05, 3.63) is 47.4 Å². The van der Waals surface area contributed by atoms with Crippen molar-refractivity contribution in [2.24, 2.45) is 0 Å². The van der Waals surface area contributed by atoms with Gasteiger partial charge in [0.2, 0.25) is 0 Å². The lowest BCUT2D eigenvalue weighted by molar-refractivity contribution is 0.218. The number of hydrogen-bond donors (Lipinski definition) is 1. The molecule has 0 amide bonds. The van der Waals surface area contributed by atoms with Gasteiger partial charge in [-0.05, 0) is 38.5 Å². The Bertz CT molecular complexity index is 601. The van der Waals surface area contributed by atoms with Gasteiger partial charge in [-0.25, -0.2) is 4.98 Å². The molecule has 0 saturated carbocycles. The summed E-state index contributed by atoms with van der Waals surface area (Å²) in [5.41, 5.74) is 3.08. The number of methoxy groups -OCH3 is 1. The van der Waals surface area contributed by atoms with E-state index in [0.717, 1.165) is 29.6 Å². The van der Waals surface area contributed by atoms with Crippen LogP contribution in [0.3, 0.4) is 0 Å². The van der Waals surface area contributed by atoms with Crippen molar-refractivity contribution >= 4 is 17.6 Å². The lowest BCUT2D eigenvalue weighted by Crippen LogP contribution is -2.10. The highest BCUT2D eigenvalue weighted by Gasteiger charge is 2.09. The Morgan fingerprint density at radius 1 is 1.23 bits per heavy atom. The fourth-order valence-corrected chi connectivity index (χ4v) is 2.87. The molecule has 0 aliphatic carbocycles. The predicted octanol–water partition coefficient (Wildman–Crippen LogP) is 4.01. The molecule has 4 nitrogen and oxygen atoms in total. The lowest BCUT2D eigenvalue weighted by Gasteiger charge is -2.17. The Balaban J connectivity index is 2.00. The smallest absolute Gasteiger partial charge is 0.148 e. The van der Waals surface area contributed by atoms with E-state index in [9.17, 15) is 0 Å². The number of anilines is 1. The zero-order valence-corrected chi connectivity index (χ0v) is 14.4. The van der Waals surface area contributed by atoms with Crippen LogP contribution in [-0.2, 0) is 4.74 Å². The summed E-state index contributed by atoms with van der Waals surface area (Å²) in [5, 5.41) is 3.44. The predicted molar refractivity (Wildman–Crippen MR) is 92.6 cm³/mol. The first-order valence-electron chi connectivity index (χ1n) is 7.38. The van der Waals surface area contributed by atoms with Gasteiger partial charge >= 0.3 is 0 Å². The molecule has 0 aliphatic heterocycles. The molecule has 2 aromatic rings. The van der Waals surface area contributed by atoms with E-state index in [1.807, 2.05) is 13.8 Å². The fraction of sp³-hybridized carbons (Fsp3) is 0.412. The molecule has 0 aliphatic rings. The van der Waals surface area contributed by atoms with Crippen molar-refractivity contribution in [1.29, 1.82) is 0 Å².